The van der Waals surface area contributed by atoms with Gasteiger partial charge in [0, 0.05) is 23.1 Å². The first-order chi connectivity index (χ1) is 16.4. The second kappa shape index (κ2) is 8.85. The molecule has 1 N–H and O–H groups in total. The standard InChI is InChI=1S/C27H20N2O3S2/c1-34(31,32)21-14-15-22(23(17-21)18-8-3-2-4-9-18)26(30)28-20-11-7-10-19(16-20)27-29-24-12-5-6-13-25(24)33-27/h2-17H,1H3,(H,28,30). The topological polar surface area (TPSA) is 76.1 Å². The lowest BCUT2D eigenvalue weighted by molar-refractivity contribution is 0.102. The summed E-state index contributed by atoms with van der Waals surface area (Å²) in [6, 6.07) is 29.4. The van der Waals surface area contributed by atoms with Crippen LogP contribution in [0.2, 0.25) is 0 Å². The van der Waals surface area contributed by atoms with Crippen molar-refractivity contribution in [1.29, 1.82) is 0 Å². The predicted octanol–water partition coefficient (Wildman–Crippen LogP) is 6.29. The van der Waals surface area contributed by atoms with Gasteiger partial charge in [0.15, 0.2) is 9.84 Å². The van der Waals surface area contributed by atoms with Crippen molar-refractivity contribution in [2.75, 3.05) is 11.6 Å². The van der Waals surface area contributed by atoms with E-state index in [1.54, 1.807) is 23.5 Å². The first kappa shape index (κ1) is 22.0. The first-order valence-corrected chi connectivity index (χ1v) is 13.3. The molecule has 0 aliphatic heterocycles. The second-order valence-electron chi connectivity index (χ2n) is 7.87. The number of carbonyl (C=O) groups excluding carboxylic acids is 1. The molecule has 1 amide bonds. The molecule has 4 aromatic carbocycles. The van der Waals surface area contributed by atoms with Gasteiger partial charge in [-0.15, -0.1) is 11.3 Å². The van der Waals surface area contributed by atoms with Crippen molar-refractivity contribution in [2.24, 2.45) is 0 Å². The zero-order chi connectivity index (χ0) is 23.7. The molecular weight excluding hydrogens is 464 g/mol. The Hall–Kier alpha value is -3.81. The van der Waals surface area contributed by atoms with E-state index in [-0.39, 0.29) is 10.8 Å². The number of anilines is 1. The highest BCUT2D eigenvalue weighted by molar-refractivity contribution is 7.90. The van der Waals surface area contributed by atoms with E-state index in [4.69, 9.17) is 4.98 Å². The van der Waals surface area contributed by atoms with Crippen molar-refractivity contribution in [1.82, 2.24) is 4.98 Å². The number of benzene rings is 4. The SMILES string of the molecule is CS(=O)(=O)c1ccc(C(=O)Nc2cccc(-c3nc4ccccc4s3)c2)c(-c2ccccc2)c1. The Labute approximate surface area is 201 Å². The van der Waals surface area contributed by atoms with Gasteiger partial charge in [-0.25, -0.2) is 13.4 Å². The zero-order valence-corrected chi connectivity index (χ0v) is 19.9. The van der Waals surface area contributed by atoms with Crippen LogP contribution in [0.5, 0.6) is 0 Å². The molecule has 0 aliphatic carbocycles. The molecule has 5 aromatic rings. The maximum atomic E-state index is 13.3. The Kier molecular flexibility index (Phi) is 5.73. The van der Waals surface area contributed by atoms with Crippen molar-refractivity contribution < 1.29 is 13.2 Å². The summed E-state index contributed by atoms with van der Waals surface area (Å²) in [4.78, 5) is 18.1. The van der Waals surface area contributed by atoms with E-state index in [1.165, 1.54) is 6.07 Å². The monoisotopic (exact) mass is 484 g/mol. The number of carbonyl (C=O) groups is 1. The van der Waals surface area contributed by atoms with E-state index in [1.807, 2.05) is 78.9 Å². The molecule has 0 unspecified atom stereocenters. The summed E-state index contributed by atoms with van der Waals surface area (Å²) in [7, 11) is -3.42. The fraction of sp³-hybridized carbons (Fsp3) is 0.0370. The summed E-state index contributed by atoms with van der Waals surface area (Å²) in [6.07, 6.45) is 1.16. The molecule has 168 valence electrons. The number of aromatic nitrogens is 1. The fourth-order valence-electron chi connectivity index (χ4n) is 3.73. The highest BCUT2D eigenvalue weighted by Crippen LogP contribution is 2.32. The lowest BCUT2D eigenvalue weighted by atomic mass is 9.99. The molecule has 34 heavy (non-hydrogen) atoms. The van der Waals surface area contributed by atoms with Gasteiger partial charge < -0.3 is 5.32 Å². The van der Waals surface area contributed by atoms with Crippen molar-refractivity contribution in [2.45, 2.75) is 4.90 Å². The minimum Gasteiger partial charge on any atom is -0.322 e. The van der Waals surface area contributed by atoms with Crippen LogP contribution in [0, 0.1) is 0 Å². The van der Waals surface area contributed by atoms with Gasteiger partial charge in [-0.3, -0.25) is 4.79 Å². The van der Waals surface area contributed by atoms with Crippen molar-refractivity contribution in [3.63, 3.8) is 0 Å². The van der Waals surface area contributed by atoms with E-state index < -0.39 is 9.84 Å². The number of fused-ring (bicyclic) bond motifs is 1. The van der Waals surface area contributed by atoms with E-state index in [0.717, 1.165) is 32.6 Å². The fourth-order valence-corrected chi connectivity index (χ4v) is 5.34. The summed E-state index contributed by atoms with van der Waals surface area (Å²) in [5.74, 6) is -0.319. The molecule has 0 saturated carbocycles. The number of sulfone groups is 1. The summed E-state index contributed by atoms with van der Waals surface area (Å²) in [5, 5.41) is 3.83. The van der Waals surface area contributed by atoms with Crippen molar-refractivity contribution >= 4 is 43.0 Å². The molecule has 7 heteroatoms. The van der Waals surface area contributed by atoms with E-state index in [0.29, 0.717) is 16.8 Å². The first-order valence-electron chi connectivity index (χ1n) is 10.6. The summed E-state index contributed by atoms with van der Waals surface area (Å²) < 4.78 is 25.3. The van der Waals surface area contributed by atoms with Crippen LogP contribution in [0.15, 0.2) is 102 Å². The van der Waals surface area contributed by atoms with Crippen molar-refractivity contribution in [3.8, 4) is 21.7 Å². The van der Waals surface area contributed by atoms with Crippen LogP contribution >= 0.6 is 11.3 Å². The average Bonchev–Trinajstić information content (AvgIpc) is 3.28. The molecule has 5 rings (SSSR count). The van der Waals surface area contributed by atoms with Crippen LogP contribution in [0.3, 0.4) is 0 Å². The van der Waals surface area contributed by atoms with Gasteiger partial charge in [-0.1, -0.05) is 54.6 Å². The van der Waals surface area contributed by atoms with Crippen LogP contribution < -0.4 is 5.32 Å². The van der Waals surface area contributed by atoms with Gasteiger partial charge in [0.05, 0.1) is 15.1 Å². The van der Waals surface area contributed by atoms with Gasteiger partial charge in [0.2, 0.25) is 0 Å². The number of thiazole rings is 1. The molecule has 1 aromatic heterocycles. The second-order valence-corrected chi connectivity index (χ2v) is 10.9. The minimum absolute atomic E-state index is 0.167. The molecule has 0 fully saturated rings. The van der Waals surface area contributed by atoms with Gasteiger partial charge in [0.25, 0.3) is 5.91 Å². The summed E-state index contributed by atoms with van der Waals surface area (Å²) >= 11 is 1.60. The third-order valence-electron chi connectivity index (χ3n) is 5.41. The third-order valence-corrected chi connectivity index (χ3v) is 7.61. The average molecular weight is 485 g/mol. The number of rotatable bonds is 5. The number of hydrogen-bond donors (Lipinski definition) is 1. The Morgan fingerprint density at radius 2 is 1.56 bits per heavy atom. The van der Waals surface area contributed by atoms with E-state index in [9.17, 15) is 13.2 Å². The van der Waals surface area contributed by atoms with Gasteiger partial charge in [0.1, 0.15) is 5.01 Å². The predicted molar refractivity (Wildman–Crippen MR) is 138 cm³/mol. The Morgan fingerprint density at radius 3 is 2.32 bits per heavy atom. The molecule has 1 heterocycles. The largest absolute Gasteiger partial charge is 0.322 e. The molecule has 0 atom stereocenters. The number of amides is 1. The lowest BCUT2D eigenvalue weighted by Gasteiger charge is -2.13. The quantitative estimate of drug-likeness (QED) is 0.318. The van der Waals surface area contributed by atoms with Crippen LogP contribution in [-0.2, 0) is 9.84 Å². The van der Waals surface area contributed by atoms with Gasteiger partial charge in [-0.05, 0) is 53.6 Å². The van der Waals surface area contributed by atoms with E-state index >= 15 is 0 Å². The summed E-state index contributed by atoms with van der Waals surface area (Å²) in [5.41, 5.74) is 4.20. The molecule has 0 saturated heterocycles. The highest BCUT2D eigenvalue weighted by Gasteiger charge is 2.17. The van der Waals surface area contributed by atoms with Gasteiger partial charge >= 0.3 is 0 Å². The lowest BCUT2D eigenvalue weighted by Crippen LogP contribution is -2.14. The highest BCUT2D eigenvalue weighted by atomic mass is 32.2. The van der Waals surface area contributed by atoms with Crippen molar-refractivity contribution in [3.05, 3.63) is 103 Å². The van der Waals surface area contributed by atoms with Crippen LogP contribution in [0.25, 0.3) is 31.9 Å². The molecule has 0 aliphatic rings. The van der Waals surface area contributed by atoms with E-state index in [2.05, 4.69) is 5.32 Å². The van der Waals surface area contributed by atoms with Gasteiger partial charge in [-0.2, -0.15) is 0 Å². The number of nitrogens with one attached hydrogen (secondary N) is 1. The molecule has 5 nitrogen and oxygen atoms in total. The zero-order valence-electron chi connectivity index (χ0n) is 18.2. The number of nitrogens with zero attached hydrogens (tertiary/aromatic N) is 1. The molecule has 0 radical (unpaired) electrons. The molecular formula is C27H20N2O3S2. The normalized spacial score (nSPS) is 11.4. The smallest absolute Gasteiger partial charge is 0.256 e. The Balaban J connectivity index is 1.49. The third kappa shape index (κ3) is 4.48. The Bertz CT molecular complexity index is 1590. The molecule has 0 spiro atoms. The summed E-state index contributed by atoms with van der Waals surface area (Å²) in [6.45, 7) is 0. The molecule has 0 bridgehead atoms. The van der Waals surface area contributed by atoms with Crippen LogP contribution in [0.4, 0.5) is 5.69 Å². The van der Waals surface area contributed by atoms with Crippen LogP contribution in [-0.4, -0.2) is 25.6 Å². The minimum atomic E-state index is -3.42. The van der Waals surface area contributed by atoms with Crippen LogP contribution in [0.1, 0.15) is 10.4 Å². The Morgan fingerprint density at radius 1 is 0.824 bits per heavy atom. The maximum absolute atomic E-state index is 13.3. The maximum Gasteiger partial charge on any atom is 0.256 e. The number of hydrogen-bond acceptors (Lipinski definition) is 5. The number of para-hydroxylation sites is 1.